The minimum atomic E-state index is -4.61. The summed E-state index contributed by atoms with van der Waals surface area (Å²) in [5.41, 5.74) is 5.63. The number of ether oxygens (including phenoxy) is 1. The number of aromatic nitrogens is 1. The number of rotatable bonds is 18. The lowest BCUT2D eigenvalue weighted by atomic mass is 9.97. The Hall–Kier alpha value is -5.85. The Labute approximate surface area is 336 Å². The standard InChI is InChI=1S/C38H46ClF3N8O8/c1-58-32(52)16-15-28(47-31(51)20-39)36(56)50-18-5-4-10-30(50)35(55)49-29(19-22-21-45-26-8-3-2-7-25(22)26)34(54)48-27(9-6-17-44-37(43)57)33(53)46-24-13-11-23(12-14-24)38(40,41)42/h2-3,7-8,11-14,21,27-30,45H,4-6,9-10,15-20H2,1H3,(H,46,53)(H,47,51)(H,48,54)(H,49,55)(H3,43,44,57)/t27-,28-,29-,30-/m0/s1. The minimum Gasteiger partial charge on any atom is -0.469 e. The summed E-state index contributed by atoms with van der Waals surface area (Å²) < 4.78 is 44.2. The number of likely N-dealkylation sites (tertiary alicyclic amines) is 1. The van der Waals surface area contributed by atoms with Gasteiger partial charge in [-0.15, -0.1) is 11.6 Å². The molecule has 16 nitrogen and oxygen atoms in total. The third-order valence-electron chi connectivity index (χ3n) is 9.52. The molecule has 4 atom stereocenters. The SMILES string of the molecule is COC(=O)CC[C@H](NC(=O)CCl)C(=O)N1CCCC[C@H]1C(=O)N[C@@H](Cc1c[nH]c2ccccc12)C(=O)N[C@@H](CCCNC(N)=O)C(=O)Nc1ccc(C(F)(F)F)cc1. The lowest BCUT2D eigenvalue weighted by molar-refractivity contribution is -0.146. The van der Waals surface area contributed by atoms with Gasteiger partial charge in [0.05, 0.1) is 12.7 Å². The second-order valence-corrected chi connectivity index (χ2v) is 13.9. The number of piperidine rings is 1. The Bertz CT molecular complexity index is 1940. The third kappa shape index (κ3) is 12.8. The van der Waals surface area contributed by atoms with Gasteiger partial charge in [-0.2, -0.15) is 13.2 Å². The first-order chi connectivity index (χ1) is 27.6. The number of halogens is 4. The number of nitrogens with zero attached hydrogens (tertiary/aromatic N) is 1. The van der Waals surface area contributed by atoms with Gasteiger partial charge in [-0.05, 0) is 74.4 Å². The van der Waals surface area contributed by atoms with Crippen LogP contribution in [0.2, 0.25) is 0 Å². The zero-order valence-electron chi connectivity index (χ0n) is 31.6. The molecule has 0 bridgehead atoms. The number of primary amides is 1. The number of benzene rings is 2. The predicted octanol–water partition coefficient (Wildman–Crippen LogP) is 2.84. The number of hydrogen-bond acceptors (Lipinski definition) is 8. The molecule has 1 aliphatic heterocycles. The molecule has 0 saturated carbocycles. The number of H-pyrrole nitrogens is 1. The van der Waals surface area contributed by atoms with E-state index in [9.17, 15) is 46.7 Å². The van der Waals surface area contributed by atoms with Crippen LogP contribution in [-0.4, -0.2) is 102 Å². The molecule has 1 saturated heterocycles. The highest BCUT2D eigenvalue weighted by Crippen LogP contribution is 2.30. The molecule has 314 valence electrons. The number of amides is 7. The van der Waals surface area contributed by atoms with E-state index in [1.807, 2.05) is 18.2 Å². The predicted molar refractivity (Wildman–Crippen MR) is 206 cm³/mol. The molecule has 0 spiro atoms. The van der Waals surface area contributed by atoms with Crippen molar-refractivity contribution in [3.63, 3.8) is 0 Å². The van der Waals surface area contributed by atoms with Gasteiger partial charge in [0.15, 0.2) is 0 Å². The quantitative estimate of drug-likeness (QED) is 0.0571. The smallest absolute Gasteiger partial charge is 0.416 e. The molecule has 1 aromatic heterocycles. The number of urea groups is 1. The lowest BCUT2D eigenvalue weighted by Gasteiger charge is -2.37. The normalized spacial score (nSPS) is 15.7. The molecule has 7 amide bonds. The van der Waals surface area contributed by atoms with E-state index in [4.69, 9.17) is 17.3 Å². The molecule has 1 fully saturated rings. The summed E-state index contributed by atoms with van der Waals surface area (Å²) in [5, 5.41) is 13.6. The van der Waals surface area contributed by atoms with E-state index in [1.54, 1.807) is 12.3 Å². The molecule has 2 heterocycles. The van der Waals surface area contributed by atoms with Crippen molar-refractivity contribution in [1.82, 2.24) is 31.2 Å². The Morgan fingerprint density at radius 3 is 2.33 bits per heavy atom. The van der Waals surface area contributed by atoms with Gasteiger partial charge in [0.2, 0.25) is 29.5 Å². The number of carbonyl (C=O) groups is 7. The summed E-state index contributed by atoms with van der Waals surface area (Å²) in [6.07, 6.45) is -1.98. The molecule has 2 aromatic carbocycles. The van der Waals surface area contributed by atoms with Gasteiger partial charge in [-0.25, -0.2) is 4.79 Å². The summed E-state index contributed by atoms with van der Waals surface area (Å²) in [6, 6.07) is 5.19. The van der Waals surface area contributed by atoms with Crippen LogP contribution < -0.4 is 32.3 Å². The first-order valence-corrected chi connectivity index (χ1v) is 19.0. The monoisotopic (exact) mass is 834 g/mol. The van der Waals surface area contributed by atoms with E-state index in [-0.39, 0.29) is 57.3 Å². The average molecular weight is 835 g/mol. The Morgan fingerprint density at radius 1 is 0.931 bits per heavy atom. The molecular formula is C38H46ClF3N8O8. The summed E-state index contributed by atoms with van der Waals surface area (Å²) >= 11 is 5.68. The number of nitrogens with two attached hydrogens (primary N) is 1. The highest BCUT2D eigenvalue weighted by molar-refractivity contribution is 6.27. The van der Waals surface area contributed by atoms with Crippen LogP contribution in [0.1, 0.15) is 56.1 Å². The number of carbonyl (C=O) groups excluding carboxylic acids is 7. The van der Waals surface area contributed by atoms with E-state index >= 15 is 0 Å². The van der Waals surface area contributed by atoms with Crippen LogP contribution in [0.25, 0.3) is 10.9 Å². The fourth-order valence-electron chi connectivity index (χ4n) is 6.55. The third-order valence-corrected chi connectivity index (χ3v) is 9.76. The largest absolute Gasteiger partial charge is 0.469 e. The number of nitrogens with one attached hydrogen (secondary N) is 6. The second kappa shape index (κ2) is 21.1. The van der Waals surface area contributed by atoms with Gasteiger partial charge in [-0.1, -0.05) is 18.2 Å². The van der Waals surface area contributed by atoms with Crippen LogP contribution in [0.15, 0.2) is 54.7 Å². The molecule has 20 heteroatoms. The van der Waals surface area contributed by atoms with Crippen LogP contribution >= 0.6 is 11.6 Å². The van der Waals surface area contributed by atoms with Crippen molar-refractivity contribution in [1.29, 1.82) is 0 Å². The van der Waals surface area contributed by atoms with Gasteiger partial charge in [0.25, 0.3) is 0 Å². The van der Waals surface area contributed by atoms with Crippen molar-refractivity contribution >= 4 is 69.7 Å². The zero-order valence-corrected chi connectivity index (χ0v) is 32.3. The van der Waals surface area contributed by atoms with Crippen LogP contribution in [0.4, 0.5) is 23.7 Å². The molecule has 1 aliphatic rings. The van der Waals surface area contributed by atoms with Crippen molar-refractivity contribution < 1.29 is 51.5 Å². The van der Waals surface area contributed by atoms with Gasteiger partial charge < -0.3 is 46.9 Å². The summed E-state index contributed by atoms with van der Waals surface area (Å²) in [7, 11) is 1.18. The van der Waals surface area contributed by atoms with Gasteiger partial charge in [-0.3, -0.25) is 28.8 Å². The van der Waals surface area contributed by atoms with E-state index < -0.39 is 83.3 Å². The van der Waals surface area contributed by atoms with Gasteiger partial charge >= 0.3 is 18.2 Å². The Balaban J connectivity index is 1.61. The maximum absolute atomic E-state index is 14.2. The van der Waals surface area contributed by atoms with Gasteiger partial charge in [0.1, 0.15) is 30.0 Å². The number of para-hydroxylation sites is 1. The number of anilines is 1. The Morgan fingerprint density at radius 2 is 1.66 bits per heavy atom. The van der Waals surface area contributed by atoms with Crippen molar-refractivity contribution in [3.8, 4) is 0 Å². The number of methoxy groups -OCH3 is 1. The first-order valence-electron chi connectivity index (χ1n) is 18.5. The highest BCUT2D eigenvalue weighted by Gasteiger charge is 2.38. The van der Waals surface area contributed by atoms with Crippen molar-refractivity contribution in [2.45, 2.75) is 81.7 Å². The molecule has 3 aromatic rings. The van der Waals surface area contributed by atoms with Crippen LogP contribution in [0.5, 0.6) is 0 Å². The average Bonchev–Trinajstić information content (AvgIpc) is 3.61. The number of aromatic amines is 1. The molecule has 4 rings (SSSR count). The summed E-state index contributed by atoms with van der Waals surface area (Å²) in [5.74, 6) is -4.66. The highest BCUT2D eigenvalue weighted by atomic mass is 35.5. The lowest BCUT2D eigenvalue weighted by Crippen LogP contribution is -2.60. The number of hydrogen-bond donors (Lipinski definition) is 7. The minimum absolute atomic E-state index is 0.0188. The second-order valence-electron chi connectivity index (χ2n) is 13.6. The summed E-state index contributed by atoms with van der Waals surface area (Å²) in [4.78, 5) is 95.7. The molecule has 0 unspecified atom stereocenters. The molecule has 8 N–H and O–H groups in total. The van der Waals surface area contributed by atoms with E-state index in [0.717, 1.165) is 35.2 Å². The number of esters is 1. The molecule has 58 heavy (non-hydrogen) atoms. The van der Waals surface area contributed by atoms with Crippen LogP contribution in [0.3, 0.4) is 0 Å². The topological polar surface area (TPSA) is 234 Å². The van der Waals surface area contributed by atoms with Crippen molar-refractivity contribution in [2.24, 2.45) is 5.73 Å². The van der Waals surface area contributed by atoms with E-state index in [1.165, 1.54) is 12.0 Å². The number of alkyl halides is 4. The van der Waals surface area contributed by atoms with Crippen molar-refractivity contribution in [2.75, 3.05) is 31.4 Å². The first kappa shape index (κ1) is 44.9. The molecule has 0 aliphatic carbocycles. The maximum Gasteiger partial charge on any atom is 0.416 e. The molecular weight excluding hydrogens is 789 g/mol. The van der Waals surface area contributed by atoms with Crippen molar-refractivity contribution in [3.05, 3.63) is 65.9 Å². The zero-order chi connectivity index (χ0) is 42.4. The van der Waals surface area contributed by atoms with Crippen LogP contribution in [0, 0.1) is 0 Å². The van der Waals surface area contributed by atoms with Gasteiger partial charge in [0, 0.05) is 48.7 Å². The fourth-order valence-corrected chi connectivity index (χ4v) is 6.63. The molecule has 0 radical (unpaired) electrons. The van der Waals surface area contributed by atoms with E-state index in [0.29, 0.717) is 18.4 Å². The number of fused-ring (bicyclic) bond motifs is 1. The van der Waals surface area contributed by atoms with Crippen LogP contribution in [-0.2, 0) is 46.1 Å². The summed E-state index contributed by atoms with van der Waals surface area (Å²) in [6.45, 7) is 0.162. The van der Waals surface area contributed by atoms with E-state index in [2.05, 4.69) is 36.3 Å². The maximum atomic E-state index is 14.2. The Kier molecular flexibility index (Phi) is 16.3. The fraction of sp³-hybridized carbons (Fsp3) is 0.447.